The second-order valence-corrected chi connectivity index (χ2v) is 12.3. The predicted molar refractivity (Wildman–Crippen MR) is 201 cm³/mol. The number of fused-ring (bicyclic) bond motifs is 6. The van der Waals surface area contributed by atoms with E-state index in [1.165, 1.54) is 21.5 Å². The van der Waals surface area contributed by atoms with Crippen molar-refractivity contribution in [3.05, 3.63) is 176 Å². The van der Waals surface area contributed by atoms with Crippen molar-refractivity contribution in [2.24, 2.45) is 0 Å². The van der Waals surface area contributed by atoms with Crippen LogP contribution in [-0.4, -0.2) is 23.9 Å². The van der Waals surface area contributed by atoms with Crippen LogP contribution in [0.2, 0.25) is 0 Å². The summed E-state index contributed by atoms with van der Waals surface area (Å²) < 4.78 is 6.99. The summed E-state index contributed by atoms with van der Waals surface area (Å²) in [7, 11) is 0. The quantitative estimate of drug-likeness (QED) is 0.190. The van der Waals surface area contributed by atoms with Crippen LogP contribution in [0, 0.1) is 0 Å². The molecule has 0 fully saturated rings. The largest absolute Gasteiger partial charge is 0.308 e. The highest BCUT2D eigenvalue weighted by molar-refractivity contribution is 6.11. The number of para-hydroxylation sites is 5. The van der Waals surface area contributed by atoms with Gasteiger partial charge in [0, 0.05) is 32.8 Å². The van der Waals surface area contributed by atoms with Crippen molar-refractivity contribution in [2.75, 3.05) is 0 Å². The van der Waals surface area contributed by atoms with Crippen LogP contribution in [0.3, 0.4) is 0 Å². The number of hydrogen-bond donors (Lipinski definition) is 0. The van der Waals surface area contributed by atoms with E-state index in [1.807, 2.05) is 12.1 Å². The van der Waals surface area contributed by atoms with E-state index in [1.54, 1.807) is 0 Å². The van der Waals surface area contributed by atoms with E-state index in [-0.39, 0.29) is 0 Å². The van der Waals surface area contributed by atoms with Gasteiger partial charge in [0.1, 0.15) is 0 Å². The molecule has 0 atom stereocenters. The van der Waals surface area contributed by atoms with Gasteiger partial charge >= 0.3 is 0 Å². The average molecular weight is 628 g/mol. The van der Waals surface area contributed by atoms with Crippen molar-refractivity contribution in [1.29, 1.82) is 0 Å². The maximum atomic E-state index is 5.09. The van der Waals surface area contributed by atoms with E-state index < -0.39 is 0 Å². The molecule has 0 amide bonds. The summed E-state index contributed by atoms with van der Waals surface area (Å²) in [5.41, 5.74) is 9.58. The van der Waals surface area contributed by atoms with Crippen LogP contribution in [0.25, 0.3) is 83.4 Å². The first-order valence-electron chi connectivity index (χ1n) is 16.5. The van der Waals surface area contributed by atoms with Gasteiger partial charge < -0.3 is 9.13 Å². The molecule has 0 radical (unpaired) electrons. The second kappa shape index (κ2) is 10.9. The fourth-order valence-corrected chi connectivity index (χ4v) is 7.54. The maximum absolute atomic E-state index is 5.09. The lowest BCUT2D eigenvalue weighted by molar-refractivity contribution is 1.05. The first-order valence-corrected chi connectivity index (χ1v) is 16.5. The highest BCUT2D eigenvalue weighted by Gasteiger charge is 2.26. The van der Waals surface area contributed by atoms with Crippen LogP contribution in [-0.2, 0) is 0 Å². The van der Waals surface area contributed by atoms with Crippen molar-refractivity contribution in [3.63, 3.8) is 0 Å². The molecule has 3 aromatic heterocycles. The Morgan fingerprint density at radius 3 is 1.16 bits per heavy atom. The Labute approximate surface area is 282 Å². The lowest BCUT2D eigenvalue weighted by Crippen LogP contribution is -2.08. The zero-order valence-corrected chi connectivity index (χ0v) is 26.5. The van der Waals surface area contributed by atoms with Crippen LogP contribution in [0.1, 0.15) is 0 Å². The molecule has 5 heteroatoms. The minimum atomic E-state index is 0.763. The second-order valence-electron chi connectivity index (χ2n) is 12.3. The van der Waals surface area contributed by atoms with Gasteiger partial charge in [-0.05, 0) is 48.5 Å². The molecule has 0 unspecified atom stereocenters. The molecule has 49 heavy (non-hydrogen) atoms. The molecule has 10 rings (SSSR count). The fraction of sp³-hybridized carbons (Fsp3) is 0. The van der Waals surface area contributed by atoms with Crippen molar-refractivity contribution in [1.82, 2.24) is 23.9 Å². The Hall–Kier alpha value is -6.72. The summed E-state index contributed by atoms with van der Waals surface area (Å²) in [6.07, 6.45) is 0. The Balaban J connectivity index is 1.40. The number of nitrogens with zero attached hydrogens (tertiary/aromatic N) is 5. The standard InChI is InChI=1S/C44H29N5/c1-3-16-30(17-4-1)43-45-46-44(47(43)31-18-5-2-6-19-31)42-40(48-36-24-11-7-20-32(36)33-21-8-12-25-37(33)48)28-15-29-41(42)49-38-26-13-9-22-34(38)35-23-10-14-27-39(35)49/h1-29H. The number of hydrogen-bond acceptors (Lipinski definition) is 2. The Kier molecular flexibility index (Phi) is 6.11. The molecule has 7 aromatic carbocycles. The van der Waals surface area contributed by atoms with Gasteiger partial charge in [-0.3, -0.25) is 4.57 Å². The SMILES string of the molecule is c1ccc(-c2nnc(-c3c(-n4c5ccccc5c5ccccc54)cccc3-n3c4ccccc4c4ccccc43)n2-c2ccccc2)cc1. The van der Waals surface area contributed by atoms with Crippen molar-refractivity contribution in [2.45, 2.75) is 0 Å². The molecule has 0 aliphatic heterocycles. The van der Waals surface area contributed by atoms with E-state index in [2.05, 4.69) is 177 Å². The number of rotatable bonds is 5. The summed E-state index contributed by atoms with van der Waals surface area (Å²) in [4.78, 5) is 0. The minimum absolute atomic E-state index is 0.763. The third-order valence-electron chi connectivity index (χ3n) is 9.60. The van der Waals surface area contributed by atoms with Crippen LogP contribution in [0.4, 0.5) is 0 Å². The van der Waals surface area contributed by atoms with Gasteiger partial charge in [0.05, 0.1) is 39.0 Å². The molecule has 230 valence electrons. The first kappa shape index (κ1) is 27.4. The van der Waals surface area contributed by atoms with Gasteiger partial charge in [0.2, 0.25) is 0 Å². The lowest BCUT2D eigenvalue weighted by atomic mass is 10.1. The molecule has 0 aliphatic rings. The molecule has 0 aliphatic carbocycles. The molecule has 0 N–H and O–H groups in total. The molecule has 0 spiro atoms. The molecule has 3 heterocycles. The molecule has 0 saturated carbocycles. The molecule has 5 nitrogen and oxygen atoms in total. The topological polar surface area (TPSA) is 40.6 Å². The summed E-state index contributed by atoms with van der Waals surface area (Å²) in [6.45, 7) is 0. The predicted octanol–water partition coefficient (Wildman–Crippen LogP) is 10.8. The zero-order valence-electron chi connectivity index (χ0n) is 26.5. The highest BCUT2D eigenvalue weighted by Crippen LogP contribution is 2.42. The van der Waals surface area contributed by atoms with Crippen LogP contribution < -0.4 is 0 Å². The van der Waals surface area contributed by atoms with E-state index in [0.717, 1.165) is 61.9 Å². The van der Waals surface area contributed by atoms with Crippen LogP contribution in [0.15, 0.2) is 176 Å². The van der Waals surface area contributed by atoms with E-state index in [0.29, 0.717) is 0 Å². The smallest absolute Gasteiger partial charge is 0.173 e. The summed E-state index contributed by atoms with van der Waals surface area (Å²) in [6, 6.07) is 62.0. The van der Waals surface area contributed by atoms with Gasteiger partial charge in [0.15, 0.2) is 11.6 Å². The van der Waals surface area contributed by atoms with E-state index in [9.17, 15) is 0 Å². The Bertz CT molecular complexity index is 2580. The summed E-state index contributed by atoms with van der Waals surface area (Å²) in [5, 5.41) is 14.9. The molecule has 0 bridgehead atoms. The first-order chi connectivity index (χ1) is 24.4. The highest BCUT2D eigenvalue weighted by atomic mass is 15.3. The third-order valence-corrected chi connectivity index (χ3v) is 9.60. The maximum Gasteiger partial charge on any atom is 0.173 e. The number of aromatic nitrogens is 5. The van der Waals surface area contributed by atoms with E-state index >= 15 is 0 Å². The van der Waals surface area contributed by atoms with Crippen molar-refractivity contribution in [3.8, 4) is 39.8 Å². The van der Waals surface area contributed by atoms with Crippen molar-refractivity contribution < 1.29 is 0 Å². The van der Waals surface area contributed by atoms with Crippen LogP contribution >= 0.6 is 0 Å². The monoisotopic (exact) mass is 627 g/mol. The Morgan fingerprint density at radius 2 is 0.694 bits per heavy atom. The molecule has 10 aromatic rings. The number of benzene rings is 7. The van der Waals surface area contributed by atoms with Crippen molar-refractivity contribution >= 4 is 43.6 Å². The van der Waals surface area contributed by atoms with Crippen LogP contribution in [0.5, 0.6) is 0 Å². The van der Waals surface area contributed by atoms with Gasteiger partial charge in [-0.1, -0.05) is 127 Å². The van der Waals surface area contributed by atoms with Gasteiger partial charge in [-0.25, -0.2) is 0 Å². The van der Waals surface area contributed by atoms with Gasteiger partial charge in [0.25, 0.3) is 0 Å². The molecular formula is C44H29N5. The third kappa shape index (κ3) is 4.12. The average Bonchev–Trinajstić information content (AvgIpc) is 3.86. The van der Waals surface area contributed by atoms with Gasteiger partial charge in [-0.15, -0.1) is 10.2 Å². The summed E-state index contributed by atoms with van der Waals surface area (Å²) in [5.74, 6) is 1.55. The Morgan fingerprint density at radius 1 is 0.306 bits per heavy atom. The lowest BCUT2D eigenvalue weighted by Gasteiger charge is -2.20. The van der Waals surface area contributed by atoms with Gasteiger partial charge in [-0.2, -0.15) is 0 Å². The minimum Gasteiger partial charge on any atom is -0.308 e. The summed E-state index contributed by atoms with van der Waals surface area (Å²) >= 11 is 0. The molecular weight excluding hydrogens is 599 g/mol. The molecule has 0 saturated heterocycles. The fourth-order valence-electron chi connectivity index (χ4n) is 7.54. The normalized spacial score (nSPS) is 11.7. The zero-order chi connectivity index (χ0) is 32.3. The van der Waals surface area contributed by atoms with E-state index in [4.69, 9.17) is 10.2 Å².